The summed E-state index contributed by atoms with van der Waals surface area (Å²) in [6, 6.07) is 0. The number of rotatable bonds is 4. The van der Waals surface area contributed by atoms with Crippen LogP contribution in [0.4, 0.5) is 13.2 Å². The van der Waals surface area contributed by atoms with Gasteiger partial charge in [-0.25, -0.2) is 13.1 Å². The van der Waals surface area contributed by atoms with Crippen molar-refractivity contribution < 1.29 is 21.6 Å². The minimum atomic E-state index is -5.23. The molecule has 0 fully saturated rings. The first kappa shape index (κ1) is 11.4. The van der Waals surface area contributed by atoms with Gasteiger partial charge in [0.05, 0.1) is 0 Å². The molecule has 0 spiro atoms. The maximum atomic E-state index is 11.6. The summed E-state index contributed by atoms with van der Waals surface area (Å²) in [5.41, 5.74) is -5.23. The normalized spacial score (nSPS) is 12.9. The molecule has 7 heteroatoms. The van der Waals surface area contributed by atoms with Gasteiger partial charge >= 0.3 is 15.5 Å². The Kier molecular flexibility index (Phi) is 3.72. The van der Waals surface area contributed by atoms with Gasteiger partial charge in [-0.1, -0.05) is 6.08 Å². The van der Waals surface area contributed by atoms with E-state index in [1.165, 1.54) is 10.8 Å². The summed E-state index contributed by atoms with van der Waals surface area (Å²) in [6.45, 7) is 2.94. The fourth-order valence-corrected chi connectivity index (χ4v) is 0.927. The molecular formula is C5H8F3NO2S. The van der Waals surface area contributed by atoms with Crippen LogP contribution in [0, 0.1) is 0 Å². The fraction of sp³-hybridized carbons (Fsp3) is 0.600. The zero-order valence-electron chi connectivity index (χ0n) is 6.06. The lowest BCUT2D eigenvalue weighted by Gasteiger charge is -2.07. The van der Waals surface area contributed by atoms with Crippen LogP contribution in [-0.4, -0.2) is 20.5 Å². The van der Waals surface area contributed by atoms with E-state index in [4.69, 9.17) is 0 Å². The van der Waals surface area contributed by atoms with Gasteiger partial charge < -0.3 is 0 Å². The summed E-state index contributed by atoms with van der Waals surface area (Å²) in [7, 11) is -5.17. The average Bonchev–Trinajstić information content (AvgIpc) is 1.85. The summed E-state index contributed by atoms with van der Waals surface area (Å²) < 4.78 is 56.6. The topological polar surface area (TPSA) is 46.2 Å². The molecule has 0 saturated heterocycles. The summed E-state index contributed by atoms with van der Waals surface area (Å²) in [5, 5.41) is 0. The van der Waals surface area contributed by atoms with E-state index in [1.807, 2.05) is 0 Å². The highest BCUT2D eigenvalue weighted by Crippen LogP contribution is 2.21. The molecule has 0 aliphatic heterocycles. The minimum Gasteiger partial charge on any atom is -0.207 e. The molecule has 0 rings (SSSR count). The molecule has 0 atom stereocenters. The molecule has 0 amide bonds. The van der Waals surface area contributed by atoms with Gasteiger partial charge in [-0.05, 0) is 6.42 Å². The Morgan fingerprint density at radius 1 is 1.42 bits per heavy atom. The van der Waals surface area contributed by atoms with Gasteiger partial charge in [0, 0.05) is 6.54 Å². The van der Waals surface area contributed by atoms with Crippen LogP contribution in [0.25, 0.3) is 0 Å². The molecule has 0 aromatic heterocycles. The standard InChI is InChI=1S/C5H8F3NO2S/c1-2-3-4-9-12(10,11)5(6,7)8/h2,9H,1,3-4H2. The Morgan fingerprint density at radius 3 is 2.25 bits per heavy atom. The Balaban J connectivity index is 4.16. The summed E-state index contributed by atoms with van der Waals surface area (Å²) in [6.07, 6.45) is 1.48. The van der Waals surface area contributed by atoms with Gasteiger partial charge in [0.1, 0.15) is 0 Å². The van der Waals surface area contributed by atoms with E-state index >= 15 is 0 Å². The molecule has 0 aromatic carbocycles. The van der Waals surface area contributed by atoms with Crippen LogP contribution in [0.15, 0.2) is 12.7 Å². The van der Waals surface area contributed by atoms with Gasteiger partial charge in [0.15, 0.2) is 0 Å². The Bertz CT molecular complexity index is 244. The number of halogens is 3. The SMILES string of the molecule is C=CCCNS(=O)(=O)C(F)(F)F. The first-order chi connectivity index (χ1) is 5.31. The number of hydrogen-bond donors (Lipinski definition) is 1. The van der Waals surface area contributed by atoms with Gasteiger partial charge in [0.25, 0.3) is 0 Å². The Hall–Kier alpha value is -0.560. The third-order valence-corrected chi connectivity index (χ3v) is 2.14. The van der Waals surface area contributed by atoms with Crippen molar-refractivity contribution in [1.82, 2.24) is 4.72 Å². The smallest absolute Gasteiger partial charge is 0.207 e. The first-order valence-corrected chi connectivity index (χ1v) is 4.46. The van der Waals surface area contributed by atoms with Crippen molar-refractivity contribution in [3.8, 4) is 0 Å². The van der Waals surface area contributed by atoms with Crippen LogP contribution in [0.3, 0.4) is 0 Å². The molecule has 72 valence electrons. The van der Waals surface area contributed by atoms with Crippen molar-refractivity contribution in [2.75, 3.05) is 6.54 Å². The summed E-state index contributed by atoms with van der Waals surface area (Å²) in [5.74, 6) is 0. The van der Waals surface area contributed by atoms with Crippen molar-refractivity contribution in [3.63, 3.8) is 0 Å². The molecule has 0 aromatic rings. The quantitative estimate of drug-likeness (QED) is 0.547. The predicted molar refractivity (Wildman–Crippen MR) is 37.8 cm³/mol. The lowest BCUT2D eigenvalue weighted by atomic mass is 10.4. The Labute approximate surface area is 68.3 Å². The molecule has 0 aliphatic rings. The molecule has 0 aliphatic carbocycles. The van der Waals surface area contributed by atoms with E-state index in [2.05, 4.69) is 6.58 Å². The third-order valence-electron chi connectivity index (χ3n) is 0.945. The van der Waals surface area contributed by atoms with Crippen LogP contribution in [0.2, 0.25) is 0 Å². The lowest BCUT2D eigenvalue weighted by molar-refractivity contribution is -0.0447. The zero-order chi connectivity index (χ0) is 9.83. The lowest BCUT2D eigenvalue weighted by Crippen LogP contribution is -2.36. The van der Waals surface area contributed by atoms with Crippen molar-refractivity contribution in [2.45, 2.75) is 11.9 Å². The highest BCUT2D eigenvalue weighted by molar-refractivity contribution is 7.90. The number of nitrogens with one attached hydrogen (secondary N) is 1. The fourth-order valence-electron chi connectivity index (χ4n) is 0.377. The van der Waals surface area contributed by atoms with Crippen molar-refractivity contribution in [2.24, 2.45) is 0 Å². The highest BCUT2D eigenvalue weighted by Gasteiger charge is 2.45. The monoisotopic (exact) mass is 203 g/mol. The van der Waals surface area contributed by atoms with Crippen LogP contribution >= 0.6 is 0 Å². The van der Waals surface area contributed by atoms with E-state index < -0.39 is 15.5 Å². The second-order valence-electron chi connectivity index (χ2n) is 1.92. The maximum Gasteiger partial charge on any atom is 0.511 e. The highest BCUT2D eigenvalue weighted by atomic mass is 32.2. The van der Waals surface area contributed by atoms with Gasteiger partial charge in [-0.2, -0.15) is 13.2 Å². The van der Waals surface area contributed by atoms with E-state index in [-0.39, 0.29) is 13.0 Å². The molecule has 1 N–H and O–H groups in total. The predicted octanol–water partition coefficient (Wildman–Crippen LogP) is 1.00. The average molecular weight is 203 g/mol. The van der Waals surface area contributed by atoms with E-state index in [0.717, 1.165) is 0 Å². The second-order valence-corrected chi connectivity index (χ2v) is 3.68. The molecule has 12 heavy (non-hydrogen) atoms. The van der Waals surface area contributed by atoms with E-state index in [9.17, 15) is 21.6 Å². The van der Waals surface area contributed by atoms with E-state index in [1.54, 1.807) is 0 Å². The maximum absolute atomic E-state index is 11.6. The molecule has 0 saturated carbocycles. The van der Waals surface area contributed by atoms with Crippen LogP contribution in [-0.2, 0) is 10.0 Å². The summed E-state index contributed by atoms with van der Waals surface area (Å²) >= 11 is 0. The van der Waals surface area contributed by atoms with Crippen LogP contribution in [0.1, 0.15) is 6.42 Å². The molecule has 0 bridgehead atoms. The van der Waals surface area contributed by atoms with Crippen LogP contribution in [0.5, 0.6) is 0 Å². The number of alkyl halides is 3. The van der Waals surface area contributed by atoms with Gasteiger partial charge in [-0.3, -0.25) is 0 Å². The second kappa shape index (κ2) is 3.90. The van der Waals surface area contributed by atoms with Crippen LogP contribution < -0.4 is 4.72 Å². The molecule has 3 nitrogen and oxygen atoms in total. The largest absolute Gasteiger partial charge is 0.511 e. The van der Waals surface area contributed by atoms with E-state index in [0.29, 0.717) is 0 Å². The van der Waals surface area contributed by atoms with Gasteiger partial charge in [0.2, 0.25) is 0 Å². The Morgan fingerprint density at radius 2 is 1.92 bits per heavy atom. The molecule has 0 heterocycles. The molecular weight excluding hydrogens is 195 g/mol. The first-order valence-electron chi connectivity index (χ1n) is 2.98. The molecule has 0 radical (unpaired) electrons. The number of sulfonamides is 1. The summed E-state index contributed by atoms with van der Waals surface area (Å²) in [4.78, 5) is 0. The minimum absolute atomic E-state index is 0.162. The zero-order valence-corrected chi connectivity index (χ0v) is 6.87. The van der Waals surface area contributed by atoms with Crippen molar-refractivity contribution in [3.05, 3.63) is 12.7 Å². The number of hydrogen-bond acceptors (Lipinski definition) is 2. The van der Waals surface area contributed by atoms with Crippen molar-refractivity contribution in [1.29, 1.82) is 0 Å². The van der Waals surface area contributed by atoms with Gasteiger partial charge in [-0.15, -0.1) is 6.58 Å². The molecule has 0 unspecified atom stereocenters. The third kappa shape index (κ3) is 3.22. The van der Waals surface area contributed by atoms with Crippen molar-refractivity contribution >= 4 is 10.0 Å².